The van der Waals surface area contributed by atoms with Gasteiger partial charge in [-0.25, -0.2) is 0 Å². The first kappa shape index (κ1) is 22.2. The Balaban J connectivity index is 2.14. The zero-order chi connectivity index (χ0) is 19.8. The van der Waals surface area contributed by atoms with Crippen molar-refractivity contribution >= 4 is 11.8 Å². The molecular formula is C22H41N3O2. The third-order valence-corrected chi connectivity index (χ3v) is 6.32. The van der Waals surface area contributed by atoms with Gasteiger partial charge >= 0.3 is 0 Å². The van der Waals surface area contributed by atoms with Crippen molar-refractivity contribution in [2.45, 2.75) is 84.6 Å². The smallest absolute Gasteiger partial charge is 0.226 e. The van der Waals surface area contributed by atoms with Gasteiger partial charge in [0.25, 0.3) is 0 Å². The second kappa shape index (κ2) is 11.0. The summed E-state index contributed by atoms with van der Waals surface area (Å²) >= 11 is 0. The monoisotopic (exact) mass is 379 g/mol. The maximum absolute atomic E-state index is 13.6. The molecule has 0 radical (unpaired) electrons. The average Bonchev–Trinajstić information content (AvgIpc) is 2.65. The topological polar surface area (TPSA) is 66.6 Å². The maximum Gasteiger partial charge on any atom is 0.226 e. The fourth-order valence-electron chi connectivity index (χ4n) is 4.93. The number of piperidine rings is 2. The third-order valence-electron chi connectivity index (χ3n) is 6.32. The summed E-state index contributed by atoms with van der Waals surface area (Å²) in [6.07, 6.45) is 9.59. The van der Waals surface area contributed by atoms with Crippen LogP contribution in [-0.4, -0.2) is 53.8 Å². The van der Waals surface area contributed by atoms with Gasteiger partial charge in [-0.05, 0) is 64.0 Å². The van der Waals surface area contributed by atoms with Crippen LogP contribution in [0.5, 0.6) is 0 Å². The number of carbonyl (C=O) groups is 2. The van der Waals surface area contributed by atoms with Crippen LogP contribution in [0.1, 0.15) is 78.6 Å². The Hall–Kier alpha value is -1.10. The highest BCUT2D eigenvalue weighted by molar-refractivity contribution is 5.87. The molecule has 0 aromatic heterocycles. The van der Waals surface area contributed by atoms with Crippen LogP contribution < -0.4 is 5.73 Å². The Morgan fingerprint density at radius 3 is 2.26 bits per heavy atom. The van der Waals surface area contributed by atoms with E-state index in [1.165, 1.54) is 25.7 Å². The molecule has 5 heteroatoms. The molecular weight excluding hydrogens is 338 g/mol. The van der Waals surface area contributed by atoms with E-state index < -0.39 is 0 Å². The van der Waals surface area contributed by atoms with Crippen LogP contribution in [0, 0.1) is 17.8 Å². The van der Waals surface area contributed by atoms with Crippen molar-refractivity contribution in [3.05, 3.63) is 0 Å². The van der Waals surface area contributed by atoms with E-state index in [-0.39, 0.29) is 23.7 Å². The Morgan fingerprint density at radius 2 is 1.67 bits per heavy atom. The van der Waals surface area contributed by atoms with E-state index in [1.54, 1.807) is 0 Å². The first-order valence-corrected chi connectivity index (χ1v) is 11.3. The largest absolute Gasteiger partial charge is 0.369 e. The quantitative estimate of drug-likeness (QED) is 0.667. The Bertz CT molecular complexity index is 474. The van der Waals surface area contributed by atoms with Gasteiger partial charge < -0.3 is 15.5 Å². The van der Waals surface area contributed by atoms with Gasteiger partial charge in [-0.15, -0.1) is 0 Å². The minimum atomic E-state index is -0.331. The maximum atomic E-state index is 13.6. The lowest BCUT2D eigenvalue weighted by Crippen LogP contribution is -2.53. The van der Waals surface area contributed by atoms with E-state index in [0.717, 1.165) is 51.9 Å². The molecule has 2 amide bonds. The van der Waals surface area contributed by atoms with Crippen LogP contribution in [0.3, 0.4) is 0 Å². The molecule has 0 aliphatic carbocycles. The van der Waals surface area contributed by atoms with Crippen molar-refractivity contribution in [1.82, 2.24) is 9.80 Å². The molecule has 2 rings (SSSR count). The molecule has 0 saturated carbocycles. The fourth-order valence-corrected chi connectivity index (χ4v) is 4.93. The van der Waals surface area contributed by atoms with Gasteiger partial charge in [0.15, 0.2) is 0 Å². The summed E-state index contributed by atoms with van der Waals surface area (Å²) in [6, 6.07) is 0.300. The lowest BCUT2D eigenvalue weighted by molar-refractivity contribution is -0.145. The highest BCUT2D eigenvalue weighted by Gasteiger charge is 2.38. The van der Waals surface area contributed by atoms with E-state index in [4.69, 9.17) is 5.73 Å². The number of rotatable bonds is 9. The summed E-state index contributed by atoms with van der Waals surface area (Å²) in [4.78, 5) is 30.4. The molecule has 0 bridgehead atoms. The first-order valence-electron chi connectivity index (χ1n) is 11.3. The minimum absolute atomic E-state index is 0.183. The zero-order valence-electron chi connectivity index (χ0n) is 17.8. The molecule has 2 fully saturated rings. The summed E-state index contributed by atoms with van der Waals surface area (Å²) in [7, 11) is 0. The zero-order valence-corrected chi connectivity index (χ0v) is 17.8. The van der Waals surface area contributed by atoms with Gasteiger partial charge in [0.05, 0.1) is 0 Å². The Labute approximate surface area is 166 Å². The average molecular weight is 380 g/mol. The lowest BCUT2D eigenvalue weighted by atomic mass is 9.80. The van der Waals surface area contributed by atoms with Crippen molar-refractivity contribution in [3.8, 4) is 0 Å². The number of carbonyl (C=O) groups excluding carboxylic acids is 2. The van der Waals surface area contributed by atoms with Crippen LogP contribution >= 0.6 is 0 Å². The number of hydrogen-bond donors (Lipinski definition) is 1. The summed E-state index contributed by atoms with van der Waals surface area (Å²) < 4.78 is 0. The summed E-state index contributed by atoms with van der Waals surface area (Å²) in [5, 5.41) is 0. The number of nitrogens with zero attached hydrogens (tertiary/aromatic N) is 2. The second-order valence-corrected chi connectivity index (χ2v) is 9.08. The summed E-state index contributed by atoms with van der Waals surface area (Å²) in [6.45, 7) is 10.5. The summed E-state index contributed by atoms with van der Waals surface area (Å²) in [5.74, 6) is -0.335. The molecule has 3 atom stereocenters. The van der Waals surface area contributed by atoms with Crippen molar-refractivity contribution in [3.63, 3.8) is 0 Å². The van der Waals surface area contributed by atoms with Gasteiger partial charge in [-0.2, -0.15) is 0 Å². The van der Waals surface area contributed by atoms with Gasteiger partial charge in [0, 0.05) is 31.0 Å². The molecule has 2 unspecified atom stereocenters. The summed E-state index contributed by atoms with van der Waals surface area (Å²) in [5.41, 5.74) is 5.73. The van der Waals surface area contributed by atoms with E-state index >= 15 is 0 Å². The molecule has 0 spiro atoms. The predicted molar refractivity (Wildman–Crippen MR) is 110 cm³/mol. The Morgan fingerprint density at radius 1 is 1.00 bits per heavy atom. The molecule has 2 N–H and O–H groups in total. The predicted octanol–water partition coefficient (Wildman–Crippen LogP) is 3.42. The molecule has 2 aliphatic heterocycles. The van der Waals surface area contributed by atoms with Crippen LogP contribution in [0.25, 0.3) is 0 Å². The van der Waals surface area contributed by atoms with Gasteiger partial charge in [-0.3, -0.25) is 9.59 Å². The molecule has 2 heterocycles. The van der Waals surface area contributed by atoms with E-state index in [9.17, 15) is 9.59 Å². The van der Waals surface area contributed by atoms with Gasteiger partial charge in [0.1, 0.15) is 0 Å². The van der Waals surface area contributed by atoms with E-state index in [0.29, 0.717) is 18.4 Å². The third kappa shape index (κ3) is 6.48. The van der Waals surface area contributed by atoms with Gasteiger partial charge in [0.2, 0.25) is 11.8 Å². The number of primary amides is 1. The van der Waals surface area contributed by atoms with E-state index in [2.05, 4.69) is 30.6 Å². The molecule has 0 aromatic rings. The highest BCUT2D eigenvalue weighted by atomic mass is 16.2. The standard InChI is InChI=1S/C22H41N3O2/c1-4-10-19(21(23)26)20(15-17(2)3)22(27)25-14-9-6-11-18(25)16-24-12-7-5-8-13-24/h17-20H,4-16H2,1-3H3,(H2,23,26)/t18-,19?,20?/m1/s1. The van der Waals surface area contributed by atoms with Crippen molar-refractivity contribution in [2.75, 3.05) is 26.2 Å². The second-order valence-electron chi connectivity index (χ2n) is 9.08. The highest BCUT2D eigenvalue weighted by Crippen LogP contribution is 2.30. The molecule has 2 saturated heterocycles. The number of hydrogen-bond acceptors (Lipinski definition) is 3. The van der Waals surface area contributed by atoms with Gasteiger partial charge in [-0.1, -0.05) is 33.6 Å². The lowest BCUT2D eigenvalue weighted by Gasteiger charge is -2.42. The van der Waals surface area contributed by atoms with Crippen LogP contribution in [-0.2, 0) is 9.59 Å². The first-order chi connectivity index (χ1) is 12.9. The Kier molecular flexibility index (Phi) is 9.07. The van der Waals surface area contributed by atoms with Crippen LogP contribution in [0.15, 0.2) is 0 Å². The number of amides is 2. The fraction of sp³-hybridized carbons (Fsp3) is 0.909. The SMILES string of the molecule is CCCC(C(N)=O)C(CC(C)C)C(=O)N1CCCC[C@@H]1CN1CCCCC1. The number of likely N-dealkylation sites (tertiary alicyclic amines) is 2. The molecule has 2 aliphatic rings. The van der Waals surface area contributed by atoms with Crippen molar-refractivity contribution < 1.29 is 9.59 Å². The van der Waals surface area contributed by atoms with Crippen molar-refractivity contribution in [1.29, 1.82) is 0 Å². The molecule has 0 aromatic carbocycles. The minimum Gasteiger partial charge on any atom is -0.369 e. The molecule has 156 valence electrons. The molecule has 27 heavy (non-hydrogen) atoms. The van der Waals surface area contributed by atoms with Crippen LogP contribution in [0.4, 0.5) is 0 Å². The normalized spacial score (nSPS) is 24.0. The van der Waals surface area contributed by atoms with Crippen LogP contribution in [0.2, 0.25) is 0 Å². The van der Waals surface area contributed by atoms with E-state index in [1.807, 2.05) is 0 Å². The van der Waals surface area contributed by atoms with Crippen molar-refractivity contribution in [2.24, 2.45) is 23.5 Å². The number of nitrogens with two attached hydrogens (primary N) is 1. The molecule has 5 nitrogen and oxygen atoms in total.